The lowest BCUT2D eigenvalue weighted by Crippen LogP contribution is -2.33. The topological polar surface area (TPSA) is 110 Å². The van der Waals surface area contributed by atoms with Crippen molar-refractivity contribution >= 4 is 28.5 Å². The minimum atomic E-state index is 0.116. The monoisotopic (exact) mass is 450 g/mol. The number of aromatic amines is 1. The Kier molecular flexibility index (Phi) is 5.51. The van der Waals surface area contributed by atoms with Gasteiger partial charge in [-0.25, -0.2) is 5.10 Å². The lowest BCUT2D eigenvalue weighted by molar-refractivity contribution is -0.632. The first-order valence-corrected chi connectivity index (χ1v) is 10.0. The molecule has 0 saturated heterocycles. The molecule has 0 atom stereocenters. The first-order valence-electron chi connectivity index (χ1n) is 9.63. The predicted molar refractivity (Wildman–Crippen MR) is 122 cm³/mol. The number of benzene rings is 2. The van der Waals surface area contributed by atoms with Crippen LogP contribution in [-0.2, 0) is 0 Å². The first-order chi connectivity index (χ1) is 15.4. The number of fused-ring (bicyclic) bond motifs is 1. The molecular formula is C23H21ClN5O3+. The number of anilines is 1. The highest BCUT2D eigenvalue weighted by molar-refractivity contribution is 6.30. The molecule has 0 fully saturated rings. The number of methoxy groups -OCH3 is 3. The van der Waals surface area contributed by atoms with Crippen molar-refractivity contribution in [3.05, 3.63) is 52.7 Å². The molecular weight excluding hydrogens is 430 g/mol. The summed E-state index contributed by atoms with van der Waals surface area (Å²) in [4.78, 5) is 4.54. The maximum absolute atomic E-state index is 9.93. The summed E-state index contributed by atoms with van der Waals surface area (Å²) in [5.74, 6) is 1.50. The van der Waals surface area contributed by atoms with Gasteiger partial charge < -0.3 is 19.9 Å². The molecule has 0 unspecified atom stereocenters. The van der Waals surface area contributed by atoms with Crippen LogP contribution in [0.25, 0.3) is 27.8 Å². The third-order valence-corrected chi connectivity index (χ3v) is 5.47. The maximum atomic E-state index is 9.93. The van der Waals surface area contributed by atoms with Gasteiger partial charge >= 0.3 is 5.65 Å². The van der Waals surface area contributed by atoms with E-state index in [0.29, 0.717) is 39.0 Å². The van der Waals surface area contributed by atoms with Crippen LogP contribution >= 0.6 is 11.6 Å². The van der Waals surface area contributed by atoms with Crippen molar-refractivity contribution < 1.29 is 18.9 Å². The van der Waals surface area contributed by atoms with E-state index in [1.165, 1.54) is 7.11 Å². The second-order valence-electron chi connectivity index (χ2n) is 7.02. The van der Waals surface area contributed by atoms with Crippen molar-refractivity contribution in [2.75, 3.05) is 27.1 Å². The average molecular weight is 451 g/mol. The Balaban J connectivity index is 2.10. The van der Waals surface area contributed by atoms with E-state index in [1.807, 2.05) is 19.1 Å². The number of ether oxygens (including phenoxy) is 3. The fraction of sp³-hybridized carbons (Fsp3) is 0.174. The number of aromatic nitrogens is 3. The molecule has 3 N–H and O–H groups in total. The molecule has 4 rings (SSSR count). The van der Waals surface area contributed by atoms with E-state index < -0.39 is 0 Å². The molecule has 8 nitrogen and oxygen atoms in total. The molecule has 9 heteroatoms. The average Bonchev–Trinajstić information content (AvgIpc) is 3.13. The van der Waals surface area contributed by atoms with Crippen LogP contribution in [0.4, 0.5) is 5.82 Å². The number of nitrogen functional groups attached to an aromatic ring is 1. The van der Waals surface area contributed by atoms with E-state index in [4.69, 9.17) is 31.5 Å². The van der Waals surface area contributed by atoms with E-state index in [2.05, 4.69) is 16.2 Å². The van der Waals surface area contributed by atoms with Gasteiger partial charge in [0.05, 0.1) is 27.0 Å². The molecule has 162 valence electrons. The minimum absolute atomic E-state index is 0.116. The van der Waals surface area contributed by atoms with Gasteiger partial charge in [0.25, 0.3) is 5.82 Å². The second kappa shape index (κ2) is 8.29. The van der Waals surface area contributed by atoms with Crippen LogP contribution in [0.1, 0.15) is 11.3 Å². The third kappa shape index (κ3) is 3.33. The Morgan fingerprint density at radius 3 is 2.22 bits per heavy atom. The van der Waals surface area contributed by atoms with E-state index in [-0.39, 0.29) is 11.4 Å². The molecule has 0 aliphatic rings. The summed E-state index contributed by atoms with van der Waals surface area (Å²) in [6.07, 6.45) is 0. The highest BCUT2D eigenvalue weighted by Crippen LogP contribution is 2.44. The zero-order chi connectivity index (χ0) is 23.0. The summed E-state index contributed by atoms with van der Waals surface area (Å²) >= 11 is 6.05. The number of hydrogen-bond donors (Lipinski definition) is 2. The van der Waals surface area contributed by atoms with Crippen LogP contribution in [0.5, 0.6) is 17.2 Å². The number of aryl methyl sites for hydroxylation is 1. The number of nitrogens with zero attached hydrogens (tertiary/aromatic N) is 3. The highest BCUT2D eigenvalue weighted by atomic mass is 35.5. The first kappa shape index (κ1) is 21.3. The smallest absolute Gasteiger partial charge is 0.359 e. The summed E-state index contributed by atoms with van der Waals surface area (Å²) in [5.41, 5.74) is 10.0. The van der Waals surface area contributed by atoms with Crippen LogP contribution in [0, 0.1) is 18.3 Å². The van der Waals surface area contributed by atoms with E-state index in [9.17, 15) is 5.26 Å². The van der Waals surface area contributed by atoms with Gasteiger partial charge in [-0.3, -0.25) is 0 Å². The SMILES string of the molecule is COc1cc(-c2c(C#N)c(N)nc3c2c(C)[nH][n+]3-c2ccc(Cl)cc2)cc(OC)c1OC. The third-order valence-electron chi connectivity index (χ3n) is 5.22. The molecule has 0 radical (unpaired) electrons. The molecule has 4 aromatic rings. The minimum Gasteiger partial charge on any atom is -0.493 e. The summed E-state index contributed by atoms with van der Waals surface area (Å²) in [7, 11) is 4.62. The number of pyridine rings is 1. The van der Waals surface area contributed by atoms with Gasteiger partial charge in [-0.05, 0) is 53.9 Å². The van der Waals surface area contributed by atoms with Crippen molar-refractivity contribution in [3.8, 4) is 40.1 Å². The summed E-state index contributed by atoms with van der Waals surface area (Å²) in [6.45, 7) is 1.91. The Morgan fingerprint density at radius 1 is 1.06 bits per heavy atom. The van der Waals surface area contributed by atoms with Crippen molar-refractivity contribution in [2.45, 2.75) is 6.92 Å². The Morgan fingerprint density at radius 2 is 1.69 bits per heavy atom. The van der Waals surface area contributed by atoms with Crippen molar-refractivity contribution in [1.29, 1.82) is 5.26 Å². The predicted octanol–water partition coefficient (Wildman–Crippen LogP) is 3.95. The number of nitrogens with two attached hydrogens (primary N) is 1. The quantitative estimate of drug-likeness (QED) is 0.445. The maximum Gasteiger partial charge on any atom is 0.359 e. The highest BCUT2D eigenvalue weighted by Gasteiger charge is 2.29. The van der Waals surface area contributed by atoms with Gasteiger partial charge in [0.2, 0.25) is 5.75 Å². The van der Waals surface area contributed by atoms with Crippen LogP contribution in [0.3, 0.4) is 0 Å². The van der Waals surface area contributed by atoms with Crippen molar-refractivity contribution in [1.82, 2.24) is 10.1 Å². The summed E-state index contributed by atoms with van der Waals surface area (Å²) < 4.78 is 18.3. The van der Waals surface area contributed by atoms with Gasteiger partial charge in [-0.1, -0.05) is 11.6 Å². The van der Waals surface area contributed by atoms with Gasteiger partial charge in [-0.15, -0.1) is 4.68 Å². The molecule has 0 spiro atoms. The van der Waals surface area contributed by atoms with Crippen LogP contribution in [0.2, 0.25) is 5.02 Å². The van der Waals surface area contributed by atoms with E-state index in [1.54, 1.807) is 43.2 Å². The van der Waals surface area contributed by atoms with Crippen molar-refractivity contribution in [2.24, 2.45) is 0 Å². The van der Waals surface area contributed by atoms with Gasteiger partial charge in [0, 0.05) is 10.6 Å². The largest absolute Gasteiger partial charge is 0.493 e. The molecule has 2 aromatic carbocycles. The number of hydrogen-bond acceptors (Lipinski definition) is 6. The summed E-state index contributed by atoms with van der Waals surface area (Å²) in [6, 6.07) is 13.1. The lowest BCUT2D eigenvalue weighted by atomic mass is 9.96. The molecule has 32 heavy (non-hydrogen) atoms. The molecule has 0 saturated carbocycles. The molecule has 2 aromatic heterocycles. The standard InChI is InChI=1S/C23H20ClN5O3/c1-12-19-20(13-9-17(30-2)21(32-4)18(10-13)31-3)16(11-25)22(26)27-23(19)29(28-12)15-7-5-14(24)6-8-15/h5-10H,1-4H3,(H2,26,27,28)/p+1. The molecule has 0 amide bonds. The molecule has 0 bridgehead atoms. The zero-order valence-electron chi connectivity index (χ0n) is 18.0. The number of nitriles is 1. The zero-order valence-corrected chi connectivity index (χ0v) is 18.7. The fourth-order valence-corrected chi connectivity index (χ4v) is 3.91. The number of rotatable bonds is 5. The van der Waals surface area contributed by atoms with Crippen LogP contribution < -0.4 is 24.6 Å². The van der Waals surface area contributed by atoms with Gasteiger partial charge in [0.15, 0.2) is 17.2 Å². The van der Waals surface area contributed by atoms with Gasteiger partial charge in [-0.2, -0.15) is 5.26 Å². The Labute approximate surface area is 189 Å². The fourth-order valence-electron chi connectivity index (χ4n) is 3.79. The molecule has 0 aliphatic heterocycles. The normalized spacial score (nSPS) is 10.8. The van der Waals surface area contributed by atoms with Crippen LogP contribution in [-0.4, -0.2) is 31.4 Å². The molecule has 0 aliphatic carbocycles. The van der Waals surface area contributed by atoms with E-state index in [0.717, 1.165) is 16.8 Å². The number of nitrogens with one attached hydrogen (secondary N) is 1. The van der Waals surface area contributed by atoms with Crippen LogP contribution in [0.15, 0.2) is 36.4 Å². The Bertz CT molecular complexity index is 1350. The van der Waals surface area contributed by atoms with E-state index >= 15 is 0 Å². The lowest BCUT2D eigenvalue weighted by Gasteiger charge is -2.15. The van der Waals surface area contributed by atoms with Gasteiger partial charge in [0.1, 0.15) is 17.0 Å². The second-order valence-corrected chi connectivity index (χ2v) is 7.46. The molecule has 2 heterocycles. The number of H-pyrrole nitrogens is 1. The Hall–Kier alpha value is -3.96. The van der Waals surface area contributed by atoms with Crippen molar-refractivity contribution in [3.63, 3.8) is 0 Å². The summed E-state index contributed by atoms with van der Waals surface area (Å²) in [5, 5.41) is 14.6. The number of halogens is 1.